The van der Waals surface area contributed by atoms with Gasteiger partial charge in [-0.15, -0.1) is 11.3 Å². The predicted octanol–water partition coefficient (Wildman–Crippen LogP) is 2.08. The molecular weight excluding hydrogens is 338 g/mol. The number of nitrogens with two attached hydrogens (primary N) is 1. The van der Waals surface area contributed by atoms with Crippen molar-refractivity contribution in [2.45, 2.75) is 39.7 Å². The van der Waals surface area contributed by atoms with Crippen molar-refractivity contribution in [1.82, 2.24) is 4.57 Å². The third kappa shape index (κ3) is 3.66. The molecule has 0 aromatic carbocycles. The quantitative estimate of drug-likeness (QED) is 0.875. The Hall–Kier alpha value is -2.41. The zero-order chi connectivity index (χ0) is 18.1. The molecule has 0 aliphatic heterocycles. The van der Waals surface area contributed by atoms with Crippen LogP contribution in [0.25, 0.3) is 0 Å². The fourth-order valence-corrected chi connectivity index (χ4v) is 4.63. The molecule has 0 saturated heterocycles. The van der Waals surface area contributed by atoms with Gasteiger partial charge in [-0.3, -0.25) is 14.4 Å². The number of hydrogen-bond acceptors (Lipinski definition) is 4. The summed E-state index contributed by atoms with van der Waals surface area (Å²) in [4.78, 5) is 37.2. The second-order valence-corrected chi connectivity index (χ2v) is 7.75. The number of amides is 2. The van der Waals surface area contributed by atoms with E-state index in [2.05, 4.69) is 12.2 Å². The summed E-state index contributed by atoms with van der Waals surface area (Å²) in [5, 5.41) is 3.28. The van der Waals surface area contributed by atoms with E-state index in [-0.39, 0.29) is 18.0 Å². The summed E-state index contributed by atoms with van der Waals surface area (Å²) in [6.45, 7) is 3.93. The van der Waals surface area contributed by atoms with E-state index in [0.29, 0.717) is 16.5 Å². The zero-order valence-electron chi connectivity index (χ0n) is 14.3. The van der Waals surface area contributed by atoms with Crippen LogP contribution >= 0.6 is 11.3 Å². The Bertz CT molecular complexity index is 897. The van der Waals surface area contributed by atoms with Crippen molar-refractivity contribution in [3.05, 3.63) is 50.3 Å². The van der Waals surface area contributed by atoms with E-state index in [1.807, 2.05) is 6.92 Å². The van der Waals surface area contributed by atoms with Crippen molar-refractivity contribution >= 4 is 28.2 Å². The van der Waals surface area contributed by atoms with Gasteiger partial charge in [-0.1, -0.05) is 13.0 Å². The SMILES string of the molecule is Cc1ccc(=O)n(CC(=O)Nc2sc3c(c2C(N)=O)CCC(C)C3)c1. The van der Waals surface area contributed by atoms with E-state index in [1.165, 1.54) is 22.0 Å². The Balaban J connectivity index is 1.85. The van der Waals surface area contributed by atoms with Crippen LogP contribution < -0.4 is 16.6 Å². The molecule has 0 radical (unpaired) electrons. The van der Waals surface area contributed by atoms with E-state index < -0.39 is 5.91 Å². The summed E-state index contributed by atoms with van der Waals surface area (Å²) in [6.07, 6.45) is 4.35. The topological polar surface area (TPSA) is 94.2 Å². The molecule has 3 N–H and O–H groups in total. The fraction of sp³-hybridized carbons (Fsp3) is 0.389. The number of anilines is 1. The Labute approximate surface area is 149 Å². The first-order valence-corrected chi connectivity index (χ1v) is 9.08. The maximum Gasteiger partial charge on any atom is 0.251 e. The molecule has 1 unspecified atom stereocenters. The molecule has 2 heterocycles. The summed E-state index contributed by atoms with van der Waals surface area (Å²) < 4.78 is 1.35. The van der Waals surface area contributed by atoms with Crippen LogP contribution in [0, 0.1) is 12.8 Å². The molecule has 1 aliphatic carbocycles. The first-order chi connectivity index (χ1) is 11.8. The summed E-state index contributed by atoms with van der Waals surface area (Å²) in [5.74, 6) is -0.307. The van der Waals surface area contributed by atoms with Crippen LogP contribution in [0.4, 0.5) is 5.00 Å². The lowest BCUT2D eigenvalue weighted by atomic mass is 9.88. The molecule has 2 amide bonds. The number of carbonyl (C=O) groups is 2. The van der Waals surface area contributed by atoms with Crippen LogP contribution in [0.2, 0.25) is 0 Å². The normalized spacial score (nSPS) is 16.3. The van der Waals surface area contributed by atoms with Crippen molar-refractivity contribution in [2.75, 3.05) is 5.32 Å². The van der Waals surface area contributed by atoms with E-state index in [0.717, 1.165) is 35.3 Å². The molecule has 132 valence electrons. The van der Waals surface area contributed by atoms with Crippen LogP contribution in [0.5, 0.6) is 0 Å². The number of pyridine rings is 1. The maximum atomic E-state index is 12.4. The van der Waals surface area contributed by atoms with Crippen LogP contribution in [0.1, 0.15) is 39.7 Å². The molecule has 25 heavy (non-hydrogen) atoms. The summed E-state index contributed by atoms with van der Waals surface area (Å²) in [6, 6.07) is 3.14. The minimum Gasteiger partial charge on any atom is -0.365 e. The summed E-state index contributed by atoms with van der Waals surface area (Å²) >= 11 is 1.42. The van der Waals surface area contributed by atoms with Gasteiger partial charge in [0.25, 0.3) is 11.5 Å². The Kier molecular flexibility index (Phi) is 4.76. The van der Waals surface area contributed by atoms with Gasteiger partial charge in [0, 0.05) is 17.1 Å². The van der Waals surface area contributed by atoms with Gasteiger partial charge in [0.15, 0.2) is 0 Å². The minimum absolute atomic E-state index is 0.0995. The zero-order valence-corrected chi connectivity index (χ0v) is 15.1. The number of primary amides is 1. The smallest absolute Gasteiger partial charge is 0.251 e. The van der Waals surface area contributed by atoms with Crippen LogP contribution in [0.3, 0.4) is 0 Å². The van der Waals surface area contributed by atoms with Crippen LogP contribution in [0.15, 0.2) is 23.1 Å². The van der Waals surface area contributed by atoms with Gasteiger partial charge < -0.3 is 15.6 Å². The van der Waals surface area contributed by atoms with E-state index in [1.54, 1.807) is 12.3 Å². The van der Waals surface area contributed by atoms with Crippen molar-refractivity contribution in [1.29, 1.82) is 0 Å². The number of hydrogen-bond donors (Lipinski definition) is 2. The number of nitrogens with one attached hydrogen (secondary N) is 1. The third-order valence-corrected chi connectivity index (χ3v) is 5.63. The Morgan fingerprint density at radius 3 is 2.88 bits per heavy atom. The predicted molar refractivity (Wildman–Crippen MR) is 98.1 cm³/mol. The molecule has 2 aromatic rings. The van der Waals surface area contributed by atoms with Crippen LogP contribution in [-0.4, -0.2) is 16.4 Å². The summed E-state index contributed by atoms with van der Waals surface area (Å²) in [7, 11) is 0. The lowest BCUT2D eigenvalue weighted by Crippen LogP contribution is -2.27. The van der Waals surface area contributed by atoms with Crippen molar-refractivity contribution in [2.24, 2.45) is 11.7 Å². The largest absolute Gasteiger partial charge is 0.365 e. The first kappa shape index (κ1) is 17.4. The molecule has 2 aromatic heterocycles. The number of nitrogens with zero attached hydrogens (tertiary/aromatic N) is 1. The highest BCUT2D eigenvalue weighted by Gasteiger charge is 2.27. The number of aryl methyl sites for hydroxylation is 1. The van der Waals surface area contributed by atoms with E-state index in [9.17, 15) is 14.4 Å². The maximum absolute atomic E-state index is 12.4. The highest BCUT2D eigenvalue weighted by Crippen LogP contribution is 2.39. The molecule has 0 bridgehead atoms. The lowest BCUT2D eigenvalue weighted by molar-refractivity contribution is -0.116. The van der Waals surface area contributed by atoms with Gasteiger partial charge in [0.05, 0.1) is 5.56 Å². The van der Waals surface area contributed by atoms with Gasteiger partial charge in [0.2, 0.25) is 5.91 Å². The number of thiophene rings is 1. The van der Waals surface area contributed by atoms with E-state index >= 15 is 0 Å². The molecular formula is C18H21N3O3S. The molecule has 0 saturated carbocycles. The second-order valence-electron chi connectivity index (χ2n) is 6.64. The number of carbonyl (C=O) groups excluding carboxylic acids is 2. The van der Waals surface area contributed by atoms with Gasteiger partial charge in [0.1, 0.15) is 11.5 Å². The molecule has 6 nitrogen and oxygen atoms in total. The van der Waals surface area contributed by atoms with Crippen molar-refractivity contribution in [3.8, 4) is 0 Å². The highest BCUT2D eigenvalue weighted by atomic mass is 32.1. The highest BCUT2D eigenvalue weighted by molar-refractivity contribution is 7.17. The minimum atomic E-state index is -0.518. The van der Waals surface area contributed by atoms with E-state index in [4.69, 9.17) is 5.73 Å². The molecule has 1 atom stereocenters. The molecule has 0 fully saturated rings. The molecule has 7 heteroatoms. The van der Waals surface area contributed by atoms with Gasteiger partial charge in [-0.25, -0.2) is 0 Å². The first-order valence-electron chi connectivity index (χ1n) is 8.26. The average molecular weight is 359 g/mol. The lowest BCUT2D eigenvalue weighted by Gasteiger charge is -2.18. The second kappa shape index (κ2) is 6.84. The standard InChI is InChI=1S/C18H21N3O3S/c1-10-3-5-12-13(7-10)25-18(16(12)17(19)24)20-14(22)9-21-8-11(2)4-6-15(21)23/h4,6,8,10H,3,5,7,9H2,1-2H3,(H2,19,24)(H,20,22). The number of rotatable bonds is 4. The third-order valence-electron chi connectivity index (χ3n) is 4.46. The number of fused-ring (bicyclic) bond motifs is 1. The average Bonchev–Trinajstić information content (AvgIpc) is 2.87. The Morgan fingerprint density at radius 1 is 1.40 bits per heavy atom. The molecule has 0 spiro atoms. The Morgan fingerprint density at radius 2 is 2.16 bits per heavy atom. The monoisotopic (exact) mass is 359 g/mol. The fourth-order valence-electron chi connectivity index (χ4n) is 3.19. The van der Waals surface area contributed by atoms with Crippen molar-refractivity contribution in [3.63, 3.8) is 0 Å². The van der Waals surface area contributed by atoms with Crippen LogP contribution in [-0.2, 0) is 24.2 Å². The number of aromatic nitrogens is 1. The summed E-state index contributed by atoms with van der Waals surface area (Å²) in [5.41, 5.74) is 7.60. The molecule has 3 rings (SSSR count). The van der Waals surface area contributed by atoms with Gasteiger partial charge in [-0.05, 0) is 43.2 Å². The van der Waals surface area contributed by atoms with Crippen molar-refractivity contribution < 1.29 is 9.59 Å². The molecule has 1 aliphatic rings. The van der Waals surface area contributed by atoms with Gasteiger partial charge >= 0.3 is 0 Å². The van der Waals surface area contributed by atoms with Gasteiger partial charge in [-0.2, -0.15) is 0 Å².